The van der Waals surface area contributed by atoms with Gasteiger partial charge in [-0.3, -0.25) is 0 Å². The van der Waals surface area contributed by atoms with Crippen molar-refractivity contribution in [3.05, 3.63) is 28.9 Å². The van der Waals surface area contributed by atoms with E-state index in [0.29, 0.717) is 11.4 Å². The number of anilines is 2. The molecule has 0 atom stereocenters. The van der Waals surface area contributed by atoms with Crippen molar-refractivity contribution in [1.29, 1.82) is 0 Å². The summed E-state index contributed by atoms with van der Waals surface area (Å²) in [5.74, 6) is 0. The van der Waals surface area contributed by atoms with Crippen LogP contribution in [0.4, 0.5) is 11.4 Å². The van der Waals surface area contributed by atoms with E-state index in [1.165, 1.54) is 5.56 Å². The standard InChI is InChI=1S/C13H16ClN3/c1-2-3-5-8-6-4-7-9-10(8)11(15)12(16)13(14)17-9/h4,6-7H,2-3,5,16H2,1H3,(H2,15,17). The summed E-state index contributed by atoms with van der Waals surface area (Å²) in [6.45, 7) is 2.16. The maximum Gasteiger partial charge on any atom is 0.154 e. The van der Waals surface area contributed by atoms with Gasteiger partial charge in [-0.2, -0.15) is 0 Å². The fourth-order valence-electron chi connectivity index (χ4n) is 1.98. The number of nitrogens with zero attached hydrogens (tertiary/aromatic N) is 1. The van der Waals surface area contributed by atoms with Crippen LogP contribution in [0.15, 0.2) is 18.2 Å². The van der Waals surface area contributed by atoms with Gasteiger partial charge in [-0.15, -0.1) is 0 Å². The first kappa shape index (κ1) is 12.0. The van der Waals surface area contributed by atoms with Crippen LogP contribution >= 0.6 is 11.6 Å². The predicted molar refractivity (Wildman–Crippen MR) is 74.2 cm³/mol. The van der Waals surface area contributed by atoms with Crippen LogP contribution in [0.5, 0.6) is 0 Å². The number of fused-ring (bicyclic) bond motifs is 1. The van der Waals surface area contributed by atoms with Gasteiger partial charge in [-0.1, -0.05) is 37.1 Å². The number of benzene rings is 1. The molecule has 0 aliphatic heterocycles. The molecule has 1 heterocycles. The molecule has 0 amide bonds. The fourth-order valence-corrected chi connectivity index (χ4v) is 2.17. The second-order valence-electron chi connectivity index (χ2n) is 4.14. The fraction of sp³-hybridized carbons (Fsp3) is 0.308. The van der Waals surface area contributed by atoms with Crippen LogP contribution in [0.1, 0.15) is 25.3 Å². The van der Waals surface area contributed by atoms with Gasteiger partial charge in [0.1, 0.15) is 0 Å². The minimum atomic E-state index is 0.280. The van der Waals surface area contributed by atoms with E-state index in [1.807, 2.05) is 12.1 Å². The van der Waals surface area contributed by atoms with E-state index in [-0.39, 0.29) is 5.15 Å². The monoisotopic (exact) mass is 249 g/mol. The summed E-state index contributed by atoms with van der Waals surface area (Å²) in [6.07, 6.45) is 3.26. The number of nitrogen functional groups attached to an aromatic ring is 2. The van der Waals surface area contributed by atoms with Crippen molar-refractivity contribution in [1.82, 2.24) is 4.98 Å². The zero-order valence-corrected chi connectivity index (χ0v) is 10.6. The van der Waals surface area contributed by atoms with Crippen molar-refractivity contribution < 1.29 is 0 Å². The Bertz CT molecular complexity index is 552. The summed E-state index contributed by atoms with van der Waals surface area (Å²) in [5.41, 5.74) is 14.8. The number of hydrogen-bond donors (Lipinski definition) is 2. The van der Waals surface area contributed by atoms with Crippen LogP contribution < -0.4 is 11.5 Å². The molecule has 3 nitrogen and oxygen atoms in total. The Morgan fingerprint density at radius 1 is 1.24 bits per heavy atom. The summed E-state index contributed by atoms with van der Waals surface area (Å²) in [7, 11) is 0. The lowest BCUT2D eigenvalue weighted by atomic mass is 10.0. The molecule has 1 aromatic heterocycles. The van der Waals surface area contributed by atoms with E-state index in [0.717, 1.165) is 30.2 Å². The van der Waals surface area contributed by atoms with Crippen LogP contribution in [0, 0.1) is 0 Å². The Balaban J connectivity index is 2.66. The molecule has 2 rings (SSSR count). The van der Waals surface area contributed by atoms with Gasteiger partial charge in [0.15, 0.2) is 5.15 Å². The molecule has 2 aromatic rings. The van der Waals surface area contributed by atoms with E-state index in [9.17, 15) is 0 Å². The molecule has 4 N–H and O–H groups in total. The molecule has 0 spiro atoms. The summed E-state index contributed by atoms with van der Waals surface area (Å²) >= 11 is 5.93. The molecule has 0 aliphatic carbocycles. The lowest BCUT2D eigenvalue weighted by Crippen LogP contribution is -2.01. The molecule has 0 bridgehead atoms. The minimum Gasteiger partial charge on any atom is -0.396 e. The highest BCUT2D eigenvalue weighted by Crippen LogP contribution is 2.33. The lowest BCUT2D eigenvalue weighted by Gasteiger charge is -2.11. The first-order chi connectivity index (χ1) is 8.15. The van der Waals surface area contributed by atoms with Gasteiger partial charge in [-0.25, -0.2) is 4.98 Å². The zero-order chi connectivity index (χ0) is 12.4. The topological polar surface area (TPSA) is 64.9 Å². The van der Waals surface area contributed by atoms with E-state index in [4.69, 9.17) is 23.1 Å². The summed E-state index contributed by atoms with van der Waals surface area (Å²) in [5, 5.41) is 1.23. The van der Waals surface area contributed by atoms with Gasteiger partial charge in [0, 0.05) is 5.39 Å². The molecule has 90 valence electrons. The second kappa shape index (κ2) is 4.80. The average Bonchev–Trinajstić information content (AvgIpc) is 2.33. The van der Waals surface area contributed by atoms with Gasteiger partial charge in [-0.05, 0) is 24.5 Å². The van der Waals surface area contributed by atoms with E-state index in [2.05, 4.69) is 18.0 Å². The van der Waals surface area contributed by atoms with E-state index in [1.54, 1.807) is 0 Å². The smallest absolute Gasteiger partial charge is 0.154 e. The third-order valence-electron chi connectivity index (χ3n) is 2.93. The predicted octanol–water partition coefficient (Wildman–Crippen LogP) is 3.40. The highest BCUT2D eigenvalue weighted by atomic mass is 35.5. The summed E-state index contributed by atoms with van der Waals surface area (Å²) in [4.78, 5) is 4.27. The van der Waals surface area contributed by atoms with Gasteiger partial charge in [0.05, 0.1) is 16.9 Å². The SMILES string of the molecule is CCCCc1cccc2nc(Cl)c(N)c(N)c12. The average molecular weight is 250 g/mol. The molecule has 4 heteroatoms. The van der Waals surface area contributed by atoms with Crippen LogP contribution in [-0.2, 0) is 6.42 Å². The Morgan fingerprint density at radius 3 is 2.71 bits per heavy atom. The number of halogens is 1. The van der Waals surface area contributed by atoms with Crippen molar-refractivity contribution in [2.24, 2.45) is 0 Å². The van der Waals surface area contributed by atoms with Gasteiger partial charge < -0.3 is 11.5 Å². The number of nitrogens with two attached hydrogens (primary N) is 2. The molecule has 0 aliphatic rings. The summed E-state index contributed by atoms with van der Waals surface area (Å²) in [6, 6.07) is 5.96. The van der Waals surface area contributed by atoms with Crippen molar-refractivity contribution >= 4 is 33.9 Å². The van der Waals surface area contributed by atoms with Crippen molar-refractivity contribution in [3.8, 4) is 0 Å². The number of pyridine rings is 1. The maximum absolute atomic E-state index is 6.04. The molecular weight excluding hydrogens is 234 g/mol. The number of rotatable bonds is 3. The third-order valence-corrected chi connectivity index (χ3v) is 3.22. The molecule has 0 saturated carbocycles. The van der Waals surface area contributed by atoms with Crippen LogP contribution in [0.25, 0.3) is 10.9 Å². The van der Waals surface area contributed by atoms with Gasteiger partial charge >= 0.3 is 0 Å². The van der Waals surface area contributed by atoms with E-state index < -0.39 is 0 Å². The number of aryl methyl sites for hydroxylation is 1. The highest BCUT2D eigenvalue weighted by Gasteiger charge is 2.11. The molecular formula is C13H16ClN3. The Morgan fingerprint density at radius 2 is 2.00 bits per heavy atom. The lowest BCUT2D eigenvalue weighted by molar-refractivity contribution is 0.799. The van der Waals surface area contributed by atoms with E-state index >= 15 is 0 Å². The van der Waals surface area contributed by atoms with Crippen LogP contribution in [0.3, 0.4) is 0 Å². The highest BCUT2D eigenvalue weighted by molar-refractivity contribution is 6.33. The number of unbranched alkanes of at least 4 members (excludes halogenated alkanes) is 1. The first-order valence-electron chi connectivity index (χ1n) is 5.77. The molecule has 1 aromatic carbocycles. The zero-order valence-electron chi connectivity index (χ0n) is 9.83. The minimum absolute atomic E-state index is 0.280. The molecule has 17 heavy (non-hydrogen) atoms. The van der Waals surface area contributed by atoms with Crippen LogP contribution in [-0.4, -0.2) is 4.98 Å². The molecule has 0 saturated heterocycles. The van der Waals surface area contributed by atoms with Crippen molar-refractivity contribution in [2.45, 2.75) is 26.2 Å². The maximum atomic E-state index is 6.04. The quantitative estimate of drug-likeness (QED) is 0.820. The first-order valence-corrected chi connectivity index (χ1v) is 6.15. The molecule has 0 fully saturated rings. The molecule has 0 unspecified atom stereocenters. The second-order valence-corrected chi connectivity index (χ2v) is 4.50. The Hall–Kier alpha value is -1.48. The Kier molecular flexibility index (Phi) is 3.38. The van der Waals surface area contributed by atoms with Crippen molar-refractivity contribution in [2.75, 3.05) is 11.5 Å². The number of aromatic nitrogens is 1. The van der Waals surface area contributed by atoms with Crippen molar-refractivity contribution in [3.63, 3.8) is 0 Å². The van der Waals surface area contributed by atoms with Gasteiger partial charge in [0.25, 0.3) is 0 Å². The normalized spacial score (nSPS) is 10.9. The van der Waals surface area contributed by atoms with Crippen LogP contribution in [0.2, 0.25) is 5.15 Å². The third kappa shape index (κ3) is 2.15. The molecule has 0 radical (unpaired) electrons. The number of hydrogen-bond acceptors (Lipinski definition) is 3. The van der Waals surface area contributed by atoms with Gasteiger partial charge in [0.2, 0.25) is 0 Å². The summed E-state index contributed by atoms with van der Waals surface area (Å²) < 4.78 is 0. The Labute approximate surface area is 106 Å². The largest absolute Gasteiger partial charge is 0.396 e.